The number of halogens is 2. The molecule has 0 aromatic heterocycles. The summed E-state index contributed by atoms with van der Waals surface area (Å²) in [5.41, 5.74) is 3.57. The Balaban J connectivity index is 1.58. The van der Waals surface area contributed by atoms with Gasteiger partial charge in [0.05, 0.1) is 6.54 Å². The molecular formula is C21H25ClFN3O. The van der Waals surface area contributed by atoms with Crippen molar-refractivity contribution in [1.29, 1.82) is 0 Å². The van der Waals surface area contributed by atoms with Gasteiger partial charge in [-0.05, 0) is 62.7 Å². The summed E-state index contributed by atoms with van der Waals surface area (Å²) >= 11 is 6.05. The first-order valence-electron chi connectivity index (χ1n) is 9.21. The summed E-state index contributed by atoms with van der Waals surface area (Å²) in [6.45, 7) is 4.67. The molecule has 0 bridgehead atoms. The van der Waals surface area contributed by atoms with Crippen LogP contribution in [-0.4, -0.2) is 37.5 Å². The lowest BCUT2D eigenvalue weighted by molar-refractivity contribution is -0.117. The van der Waals surface area contributed by atoms with E-state index in [0.29, 0.717) is 10.6 Å². The molecule has 1 fully saturated rings. The van der Waals surface area contributed by atoms with Gasteiger partial charge in [-0.15, -0.1) is 0 Å². The SMILES string of the molecule is Cc1cc(NC(=O)CN(C)Cc2c(F)cccc2Cl)ccc1N1CCCC1. The third-order valence-corrected chi connectivity index (χ3v) is 5.18. The van der Waals surface area contributed by atoms with Crippen molar-refractivity contribution in [2.24, 2.45) is 0 Å². The number of benzene rings is 2. The van der Waals surface area contributed by atoms with Crippen LogP contribution in [0.3, 0.4) is 0 Å². The van der Waals surface area contributed by atoms with Crippen molar-refractivity contribution in [2.45, 2.75) is 26.3 Å². The van der Waals surface area contributed by atoms with E-state index in [1.165, 1.54) is 24.6 Å². The molecule has 3 rings (SSSR count). The summed E-state index contributed by atoms with van der Waals surface area (Å²) in [7, 11) is 1.77. The molecule has 4 nitrogen and oxygen atoms in total. The van der Waals surface area contributed by atoms with E-state index in [2.05, 4.69) is 23.2 Å². The third-order valence-electron chi connectivity index (χ3n) is 4.83. The fourth-order valence-electron chi connectivity index (χ4n) is 3.50. The van der Waals surface area contributed by atoms with Crippen molar-refractivity contribution in [3.05, 3.63) is 58.4 Å². The van der Waals surface area contributed by atoms with Crippen LogP contribution in [0.2, 0.25) is 5.02 Å². The van der Waals surface area contributed by atoms with Crippen molar-refractivity contribution in [3.8, 4) is 0 Å². The van der Waals surface area contributed by atoms with Gasteiger partial charge in [0.25, 0.3) is 0 Å². The highest BCUT2D eigenvalue weighted by Gasteiger charge is 2.16. The summed E-state index contributed by atoms with van der Waals surface area (Å²) in [6.07, 6.45) is 2.46. The van der Waals surface area contributed by atoms with Gasteiger partial charge in [-0.3, -0.25) is 9.69 Å². The molecule has 1 aliphatic rings. The monoisotopic (exact) mass is 389 g/mol. The second kappa shape index (κ2) is 8.72. The zero-order valence-corrected chi connectivity index (χ0v) is 16.5. The smallest absolute Gasteiger partial charge is 0.238 e. The number of amides is 1. The van der Waals surface area contributed by atoms with E-state index in [1.807, 2.05) is 12.1 Å². The van der Waals surface area contributed by atoms with Crippen LogP contribution in [0.4, 0.5) is 15.8 Å². The lowest BCUT2D eigenvalue weighted by Gasteiger charge is -2.21. The number of rotatable bonds is 6. The van der Waals surface area contributed by atoms with Crippen molar-refractivity contribution in [3.63, 3.8) is 0 Å². The Labute approximate surface area is 164 Å². The van der Waals surface area contributed by atoms with Crippen molar-refractivity contribution in [1.82, 2.24) is 4.90 Å². The molecule has 0 spiro atoms. The molecule has 1 heterocycles. The number of aryl methyl sites for hydroxylation is 1. The van der Waals surface area contributed by atoms with E-state index in [1.54, 1.807) is 24.1 Å². The fraction of sp³-hybridized carbons (Fsp3) is 0.381. The number of carbonyl (C=O) groups is 1. The van der Waals surface area contributed by atoms with E-state index in [4.69, 9.17) is 11.6 Å². The summed E-state index contributed by atoms with van der Waals surface area (Å²) in [6, 6.07) is 10.6. The van der Waals surface area contributed by atoms with E-state index in [9.17, 15) is 9.18 Å². The maximum Gasteiger partial charge on any atom is 0.238 e. The number of anilines is 2. The standard InChI is InChI=1S/C21H25ClFN3O/c1-15-12-16(8-9-20(15)26-10-3-4-11-26)24-21(27)14-25(2)13-17-18(22)6-5-7-19(17)23/h5-9,12H,3-4,10-11,13-14H2,1-2H3,(H,24,27). The molecule has 0 atom stereocenters. The Morgan fingerprint density at radius 2 is 2.00 bits per heavy atom. The molecule has 144 valence electrons. The summed E-state index contributed by atoms with van der Waals surface area (Å²) < 4.78 is 13.9. The van der Waals surface area contributed by atoms with Gasteiger partial charge in [0, 0.05) is 41.6 Å². The second-order valence-electron chi connectivity index (χ2n) is 7.12. The Bertz CT molecular complexity index is 801. The highest BCUT2D eigenvalue weighted by molar-refractivity contribution is 6.31. The third kappa shape index (κ3) is 4.99. The van der Waals surface area contributed by atoms with Gasteiger partial charge < -0.3 is 10.2 Å². The molecule has 6 heteroatoms. The highest BCUT2D eigenvalue weighted by Crippen LogP contribution is 2.26. The Morgan fingerprint density at radius 1 is 1.26 bits per heavy atom. The summed E-state index contributed by atoms with van der Waals surface area (Å²) in [5, 5.41) is 3.29. The molecule has 1 N–H and O–H groups in total. The average Bonchev–Trinajstić information content (AvgIpc) is 3.12. The van der Waals surface area contributed by atoms with Crippen molar-refractivity contribution < 1.29 is 9.18 Å². The zero-order chi connectivity index (χ0) is 19.4. The van der Waals surface area contributed by atoms with Crippen LogP contribution in [0.5, 0.6) is 0 Å². The first-order chi connectivity index (χ1) is 12.9. The maximum atomic E-state index is 13.9. The molecular weight excluding hydrogens is 365 g/mol. The lowest BCUT2D eigenvalue weighted by atomic mass is 10.1. The molecule has 2 aromatic rings. The van der Waals surface area contributed by atoms with E-state index >= 15 is 0 Å². The minimum absolute atomic E-state index is 0.140. The first kappa shape index (κ1) is 19.6. The summed E-state index contributed by atoms with van der Waals surface area (Å²) in [4.78, 5) is 16.5. The molecule has 0 unspecified atom stereocenters. The number of likely N-dealkylation sites (N-methyl/N-ethyl adjacent to an activating group) is 1. The van der Waals surface area contributed by atoms with Crippen LogP contribution >= 0.6 is 11.6 Å². The van der Waals surface area contributed by atoms with Gasteiger partial charge in [-0.1, -0.05) is 17.7 Å². The molecule has 0 aliphatic carbocycles. The maximum absolute atomic E-state index is 13.9. The Hall–Kier alpha value is -2.11. The number of carbonyl (C=O) groups excluding carboxylic acids is 1. The van der Waals surface area contributed by atoms with Gasteiger partial charge >= 0.3 is 0 Å². The number of hydrogen-bond acceptors (Lipinski definition) is 3. The molecule has 2 aromatic carbocycles. The van der Waals surface area contributed by atoms with Gasteiger partial charge in [-0.2, -0.15) is 0 Å². The van der Waals surface area contributed by atoms with Gasteiger partial charge in [0.15, 0.2) is 0 Å². The highest BCUT2D eigenvalue weighted by atomic mass is 35.5. The predicted octanol–water partition coefficient (Wildman–Crippen LogP) is 4.46. The van der Waals surface area contributed by atoms with Crippen molar-refractivity contribution in [2.75, 3.05) is 36.9 Å². The minimum atomic E-state index is -0.358. The largest absolute Gasteiger partial charge is 0.371 e. The molecule has 0 radical (unpaired) electrons. The Morgan fingerprint density at radius 3 is 2.67 bits per heavy atom. The average molecular weight is 390 g/mol. The summed E-state index contributed by atoms with van der Waals surface area (Å²) in [5.74, 6) is -0.499. The van der Waals surface area contributed by atoms with Crippen LogP contribution in [0, 0.1) is 12.7 Å². The van der Waals surface area contributed by atoms with Crippen LogP contribution in [0.15, 0.2) is 36.4 Å². The number of nitrogens with zero attached hydrogens (tertiary/aromatic N) is 2. The van der Waals surface area contributed by atoms with Gasteiger partial charge in [0.2, 0.25) is 5.91 Å². The second-order valence-corrected chi connectivity index (χ2v) is 7.52. The van der Waals surface area contributed by atoms with Crippen molar-refractivity contribution >= 4 is 28.9 Å². The van der Waals surface area contributed by atoms with E-state index in [0.717, 1.165) is 24.3 Å². The molecule has 1 amide bonds. The van der Waals surface area contributed by atoms with Gasteiger partial charge in [-0.25, -0.2) is 4.39 Å². The molecule has 0 saturated carbocycles. The topological polar surface area (TPSA) is 35.6 Å². The predicted molar refractivity (Wildman–Crippen MR) is 109 cm³/mol. The molecule has 27 heavy (non-hydrogen) atoms. The van der Waals surface area contributed by atoms with Gasteiger partial charge in [0.1, 0.15) is 5.82 Å². The molecule has 1 saturated heterocycles. The van der Waals surface area contributed by atoms with E-state index in [-0.39, 0.29) is 24.8 Å². The van der Waals surface area contributed by atoms with Crippen LogP contribution in [0.1, 0.15) is 24.0 Å². The Kier molecular flexibility index (Phi) is 6.34. The van der Waals surface area contributed by atoms with Crippen LogP contribution in [0.25, 0.3) is 0 Å². The van der Waals surface area contributed by atoms with E-state index < -0.39 is 0 Å². The first-order valence-corrected chi connectivity index (χ1v) is 9.58. The molecule has 1 aliphatic heterocycles. The van der Waals surface area contributed by atoms with Crippen LogP contribution in [-0.2, 0) is 11.3 Å². The normalized spacial score (nSPS) is 14.0. The quantitative estimate of drug-likeness (QED) is 0.792. The zero-order valence-electron chi connectivity index (χ0n) is 15.8. The minimum Gasteiger partial charge on any atom is -0.371 e. The number of nitrogens with one attached hydrogen (secondary N) is 1. The van der Waals surface area contributed by atoms with Crippen LogP contribution < -0.4 is 10.2 Å². The lowest BCUT2D eigenvalue weighted by Crippen LogP contribution is -2.30. The fourth-order valence-corrected chi connectivity index (χ4v) is 3.72. The number of hydrogen-bond donors (Lipinski definition) is 1.